The Balaban J connectivity index is 1.70. The van der Waals surface area contributed by atoms with Crippen molar-refractivity contribution in [2.75, 3.05) is 21.2 Å². The molecule has 0 aliphatic heterocycles. The molecule has 0 bridgehead atoms. The number of aromatic nitrogens is 2. The van der Waals surface area contributed by atoms with Crippen molar-refractivity contribution in [1.29, 1.82) is 0 Å². The molecule has 9 heteroatoms. The van der Waals surface area contributed by atoms with Crippen LogP contribution in [0.25, 0.3) is 21.8 Å². The van der Waals surface area contributed by atoms with E-state index >= 15 is 0 Å². The van der Waals surface area contributed by atoms with Crippen molar-refractivity contribution >= 4 is 33.7 Å². The molecule has 2 heterocycles. The monoisotopic (exact) mass is 432 g/mol. The summed E-state index contributed by atoms with van der Waals surface area (Å²) in [6, 6.07) is 15.3. The molecule has 32 heavy (non-hydrogen) atoms. The first kappa shape index (κ1) is 21.2. The van der Waals surface area contributed by atoms with Gasteiger partial charge in [-0.3, -0.25) is 14.6 Å². The zero-order valence-electron chi connectivity index (χ0n) is 17.7. The van der Waals surface area contributed by atoms with Gasteiger partial charge in [0.25, 0.3) is 11.8 Å². The topological polar surface area (TPSA) is 103 Å². The van der Waals surface area contributed by atoms with Gasteiger partial charge in [-0.2, -0.15) is 5.48 Å². The fourth-order valence-electron chi connectivity index (χ4n) is 3.14. The van der Waals surface area contributed by atoms with Crippen molar-refractivity contribution in [3.05, 3.63) is 71.9 Å². The second-order valence-corrected chi connectivity index (χ2v) is 6.79. The van der Waals surface area contributed by atoms with E-state index in [1.54, 1.807) is 61.8 Å². The van der Waals surface area contributed by atoms with Gasteiger partial charge >= 0.3 is 5.97 Å². The van der Waals surface area contributed by atoms with E-state index in [1.807, 2.05) is 6.07 Å². The van der Waals surface area contributed by atoms with Crippen molar-refractivity contribution in [2.45, 2.75) is 0 Å². The molecule has 0 unspecified atom stereocenters. The highest BCUT2D eigenvalue weighted by molar-refractivity contribution is 5.98. The van der Waals surface area contributed by atoms with Crippen LogP contribution in [0.5, 0.6) is 11.6 Å². The molecule has 0 saturated heterocycles. The lowest BCUT2D eigenvalue weighted by atomic mass is 10.1. The molecule has 1 amide bonds. The number of hydrogen-bond donors (Lipinski definition) is 1. The third-order valence-corrected chi connectivity index (χ3v) is 4.79. The van der Waals surface area contributed by atoms with Gasteiger partial charge in [0, 0.05) is 36.6 Å². The van der Waals surface area contributed by atoms with Gasteiger partial charge in [-0.05, 0) is 48.5 Å². The lowest BCUT2D eigenvalue weighted by Gasteiger charge is -2.14. The number of fused-ring (bicyclic) bond motifs is 2. The summed E-state index contributed by atoms with van der Waals surface area (Å²) in [7, 11) is 4.49. The Bertz CT molecular complexity index is 1320. The molecule has 0 spiro atoms. The van der Waals surface area contributed by atoms with Crippen molar-refractivity contribution < 1.29 is 24.0 Å². The minimum atomic E-state index is -0.579. The van der Waals surface area contributed by atoms with Crippen LogP contribution in [0.15, 0.2) is 60.8 Å². The Morgan fingerprint density at radius 2 is 1.72 bits per heavy atom. The lowest BCUT2D eigenvalue weighted by molar-refractivity contribution is -0.0756. The Hall–Kier alpha value is -4.08. The molecule has 2 aromatic carbocycles. The van der Waals surface area contributed by atoms with Crippen LogP contribution in [0.2, 0.25) is 0 Å². The number of hydrogen-bond acceptors (Lipinski definition) is 8. The molecule has 0 saturated carbocycles. The smallest absolute Gasteiger partial charge is 0.343 e. The molecule has 0 aliphatic rings. The molecule has 4 rings (SSSR count). The molecule has 1 N–H and O–H groups in total. The maximum atomic E-state index is 12.8. The summed E-state index contributed by atoms with van der Waals surface area (Å²) in [6.45, 7) is 0. The predicted molar refractivity (Wildman–Crippen MR) is 117 cm³/mol. The first-order valence-electron chi connectivity index (χ1n) is 9.67. The van der Waals surface area contributed by atoms with Crippen LogP contribution in [0, 0.1) is 0 Å². The first-order valence-corrected chi connectivity index (χ1v) is 9.67. The SMILES string of the molecule is CNOc1nc2ccc(C(=O)N(C)OC)cc2cc1OC(=O)c1ccc2ncccc2c1. The van der Waals surface area contributed by atoms with E-state index < -0.39 is 5.97 Å². The van der Waals surface area contributed by atoms with Gasteiger partial charge in [-0.25, -0.2) is 14.8 Å². The van der Waals surface area contributed by atoms with E-state index in [0.717, 1.165) is 16.0 Å². The number of nitrogens with zero attached hydrogens (tertiary/aromatic N) is 3. The van der Waals surface area contributed by atoms with Gasteiger partial charge in [-0.1, -0.05) is 6.07 Å². The Kier molecular flexibility index (Phi) is 5.93. The second-order valence-electron chi connectivity index (χ2n) is 6.79. The van der Waals surface area contributed by atoms with Crippen LogP contribution < -0.4 is 15.1 Å². The second kappa shape index (κ2) is 8.96. The van der Waals surface area contributed by atoms with Crippen LogP contribution in [0.3, 0.4) is 0 Å². The summed E-state index contributed by atoms with van der Waals surface area (Å²) in [5, 5.41) is 2.52. The van der Waals surface area contributed by atoms with Crippen LogP contribution in [-0.4, -0.2) is 48.1 Å². The molecule has 9 nitrogen and oxygen atoms in total. The summed E-state index contributed by atoms with van der Waals surface area (Å²) in [5.74, 6) is -0.714. The largest absolute Gasteiger partial charge is 0.417 e. The Morgan fingerprint density at radius 3 is 2.50 bits per heavy atom. The van der Waals surface area contributed by atoms with Crippen LogP contribution in [0.4, 0.5) is 0 Å². The molecule has 2 aromatic heterocycles. The van der Waals surface area contributed by atoms with E-state index in [2.05, 4.69) is 15.4 Å². The third-order valence-electron chi connectivity index (χ3n) is 4.79. The maximum absolute atomic E-state index is 12.8. The van der Waals surface area contributed by atoms with Crippen LogP contribution in [-0.2, 0) is 4.84 Å². The molecule has 0 radical (unpaired) electrons. The van der Waals surface area contributed by atoms with E-state index in [9.17, 15) is 9.59 Å². The lowest BCUT2D eigenvalue weighted by Crippen LogP contribution is -2.25. The average molecular weight is 432 g/mol. The fourth-order valence-corrected chi connectivity index (χ4v) is 3.14. The normalized spacial score (nSPS) is 10.8. The number of benzene rings is 2. The highest BCUT2D eigenvalue weighted by Gasteiger charge is 2.18. The van der Waals surface area contributed by atoms with Gasteiger partial charge in [-0.15, -0.1) is 0 Å². The Morgan fingerprint density at radius 1 is 0.969 bits per heavy atom. The zero-order valence-corrected chi connectivity index (χ0v) is 17.7. The molecular formula is C23H20N4O5. The summed E-state index contributed by atoms with van der Waals surface area (Å²) in [5.41, 5.74) is 4.62. The van der Waals surface area contributed by atoms with E-state index in [-0.39, 0.29) is 17.5 Å². The van der Waals surface area contributed by atoms with Gasteiger partial charge in [0.15, 0.2) is 5.75 Å². The number of ether oxygens (including phenoxy) is 1. The predicted octanol–water partition coefficient (Wildman–Crippen LogP) is 3.15. The van der Waals surface area contributed by atoms with Gasteiger partial charge in [0.2, 0.25) is 0 Å². The van der Waals surface area contributed by atoms with E-state index in [0.29, 0.717) is 22.0 Å². The highest BCUT2D eigenvalue weighted by Crippen LogP contribution is 2.30. The number of amides is 1. The quantitative estimate of drug-likeness (QED) is 0.366. The van der Waals surface area contributed by atoms with Crippen molar-refractivity contribution in [2.24, 2.45) is 0 Å². The minimum absolute atomic E-state index is 0.0869. The number of esters is 1. The highest BCUT2D eigenvalue weighted by atomic mass is 16.7. The number of rotatable bonds is 6. The maximum Gasteiger partial charge on any atom is 0.343 e. The molecule has 0 fully saturated rings. The summed E-state index contributed by atoms with van der Waals surface area (Å²) >= 11 is 0. The zero-order chi connectivity index (χ0) is 22.7. The number of nitrogens with one attached hydrogen (secondary N) is 1. The number of carbonyl (C=O) groups excluding carboxylic acids is 2. The molecule has 162 valence electrons. The van der Waals surface area contributed by atoms with Crippen molar-refractivity contribution in [3.8, 4) is 11.6 Å². The van der Waals surface area contributed by atoms with Gasteiger partial charge in [0.05, 0.1) is 23.7 Å². The first-order chi connectivity index (χ1) is 15.5. The van der Waals surface area contributed by atoms with E-state index in [4.69, 9.17) is 14.4 Å². The molecular weight excluding hydrogens is 412 g/mol. The number of pyridine rings is 2. The minimum Gasteiger partial charge on any atom is -0.417 e. The van der Waals surface area contributed by atoms with E-state index in [1.165, 1.54) is 14.2 Å². The number of hydroxylamine groups is 3. The summed E-state index contributed by atoms with van der Waals surface area (Å²) in [4.78, 5) is 44.2. The standard InChI is InChI=1S/C23H20N4O5/c1-24-32-21-20(31-23(29)16-7-8-18-14(11-16)5-4-10-25-18)13-17-12-15(6-9-19(17)26-21)22(28)27(2)30-3/h4-13,24H,1-3H3. The van der Waals surface area contributed by atoms with Crippen molar-refractivity contribution in [3.63, 3.8) is 0 Å². The van der Waals surface area contributed by atoms with Crippen LogP contribution in [0.1, 0.15) is 20.7 Å². The van der Waals surface area contributed by atoms with Gasteiger partial charge in [0.1, 0.15) is 0 Å². The molecule has 4 aromatic rings. The molecule has 0 aliphatic carbocycles. The fraction of sp³-hybridized carbons (Fsp3) is 0.130. The van der Waals surface area contributed by atoms with Gasteiger partial charge < -0.3 is 9.57 Å². The van der Waals surface area contributed by atoms with Crippen molar-refractivity contribution in [1.82, 2.24) is 20.5 Å². The average Bonchev–Trinajstić information content (AvgIpc) is 2.82. The summed E-state index contributed by atoms with van der Waals surface area (Å²) < 4.78 is 5.60. The summed E-state index contributed by atoms with van der Waals surface area (Å²) in [6.07, 6.45) is 1.69. The number of carbonyl (C=O) groups is 2. The van der Waals surface area contributed by atoms with Crippen LogP contribution >= 0.6 is 0 Å². The Labute approximate surface area is 183 Å². The molecule has 0 atom stereocenters. The third kappa shape index (κ3) is 4.20.